The summed E-state index contributed by atoms with van der Waals surface area (Å²) in [5, 5.41) is 23.8. The summed E-state index contributed by atoms with van der Waals surface area (Å²) in [6.45, 7) is 1.37. The average molecular weight is 397 g/mol. The van der Waals surface area contributed by atoms with Crippen LogP contribution in [0.5, 0.6) is 5.75 Å². The number of nitro groups is 1. The van der Waals surface area contributed by atoms with E-state index in [1.165, 1.54) is 30.0 Å². The van der Waals surface area contributed by atoms with Gasteiger partial charge >= 0.3 is 0 Å². The number of carbonyl (C=O) groups is 1. The van der Waals surface area contributed by atoms with Crippen molar-refractivity contribution in [3.05, 3.63) is 74.0 Å². The molecule has 0 amide bonds. The number of aromatic nitrogens is 2. The van der Waals surface area contributed by atoms with E-state index in [-0.39, 0.29) is 27.0 Å². The molecule has 0 bridgehead atoms. The maximum absolute atomic E-state index is 11.7. The largest absolute Gasteiger partial charge is 0.496 e. The lowest BCUT2D eigenvalue weighted by Gasteiger charge is -2.02. The number of methoxy groups -OCH3 is 1. The number of para-hydroxylation sites is 3. The average Bonchev–Trinajstić information content (AvgIpc) is 3.12. The third kappa shape index (κ3) is 4.01. The molecule has 0 aliphatic carbocycles. The van der Waals surface area contributed by atoms with E-state index < -0.39 is 4.92 Å². The standard InChI is InChI=1S/C18H15N5O4S/c1-12(24)17-21-22(14-8-4-5-9-15(14)23(25)26)18(28-17)20-19-11-13-7-3-6-10-16(13)27-2/h3-11H,1-2H3/b19-11+,20-18+. The van der Waals surface area contributed by atoms with Crippen LogP contribution in [0.1, 0.15) is 22.3 Å². The van der Waals surface area contributed by atoms with Gasteiger partial charge in [0, 0.05) is 18.6 Å². The summed E-state index contributed by atoms with van der Waals surface area (Å²) in [7, 11) is 1.55. The molecule has 3 rings (SSSR count). The van der Waals surface area contributed by atoms with Crippen molar-refractivity contribution in [2.75, 3.05) is 7.11 Å². The summed E-state index contributed by atoms with van der Waals surface area (Å²) in [5.41, 5.74) is 0.753. The molecular formula is C18H15N5O4S. The number of nitro benzene ring substituents is 1. The van der Waals surface area contributed by atoms with Crippen molar-refractivity contribution in [2.45, 2.75) is 6.92 Å². The molecule has 10 heteroatoms. The van der Waals surface area contributed by atoms with Crippen LogP contribution >= 0.6 is 11.3 Å². The molecule has 0 atom stereocenters. The van der Waals surface area contributed by atoms with Crippen LogP contribution in [0, 0.1) is 10.1 Å². The summed E-state index contributed by atoms with van der Waals surface area (Å²) in [5.74, 6) is 0.356. The second kappa shape index (κ2) is 8.35. The molecule has 142 valence electrons. The van der Waals surface area contributed by atoms with Crippen LogP contribution in [0.15, 0.2) is 58.7 Å². The zero-order chi connectivity index (χ0) is 20.1. The van der Waals surface area contributed by atoms with E-state index in [4.69, 9.17) is 4.74 Å². The van der Waals surface area contributed by atoms with Gasteiger partial charge in [0.2, 0.25) is 4.80 Å². The highest BCUT2D eigenvalue weighted by molar-refractivity contribution is 7.10. The van der Waals surface area contributed by atoms with Crippen molar-refractivity contribution in [3.63, 3.8) is 0 Å². The maximum Gasteiger partial charge on any atom is 0.294 e. The number of hydrogen-bond acceptors (Lipinski definition) is 8. The zero-order valence-corrected chi connectivity index (χ0v) is 15.8. The molecule has 0 fully saturated rings. The number of hydrogen-bond donors (Lipinski definition) is 0. The summed E-state index contributed by atoms with van der Waals surface area (Å²) >= 11 is 0.996. The van der Waals surface area contributed by atoms with Crippen LogP contribution in [-0.4, -0.2) is 33.8 Å². The molecule has 0 aliphatic rings. The van der Waals surface area contributed by atoms with Gasteiger partial charge < -0.3 is 4.74 Å². The van der Waals surface area contributed by atoms with Crippen LogP contribution in [0.4, 0.5) is 5.69 Å². The van der Waals surface area contributed by atoms with E-state index >= 15 is 0 Å². The fraction of sp³-hybridized carbons (Fsp3) is 0.111. The molecule has 9 nitrogen and oxygen atoms in total. The molecule has 0 N–H and O–H groups in total. The first-order chi connectivity index (χ1) is 13.5. The predicted molar refractivity (Wildman–Crippen MR) is 104 cm³/mol. The molecule has 0 aliphatic heterocycles. The third-order valence-corrected chi connectivity index (χ3v) is 4.65. The first-order valence-corrected chi connectivity index (χ1v) is 8.88. The SMILES string of the molecule is COc1ccccc1/C=N/N=c1/sc(C(C)=O)nn1-c1ccccc1[N+](=O)[O-]. The van der Waals surface area contributed by atoms with E-state index in [9.17, 15) is 14.9 Å². The van der Waals surface area contributed by atoms with E-state index in [1.54, 1.807) is 25.3 Å². The Morgan fingerprint density at radius 2 is 1.96 bits per heavy atom. The Morgan fingerprint density at radius 1 is 1.25 bits per heavy atom. The summed E-state index contributed by atoms with van der Waals surface area (Å²) < 4.78 is 6.50. The van der Waals surface area contributed by atoms with Gasteiger partial charge in [0.15, 0.2) is 10.8 Å². The van der Waals surface area contributed by atoms with E-state index in [0.717, 1.165) is 11.3 Å². The van der Waals surface area contributed by atoms with Gasteiger partial charge in [0.1, 0.15) is 11.4 Å². The number of rotatable bonds is 6. The smallest absolute Gasteiger partial charge is 0.294 e. The van der Waals surface area contributed by atoms with Crippen LogP contribution in [0.25, 0.3) is 5.69 Å². The molecule has 0 unspecified atom stereocenters. The topological polar surface area (TPSA) is 112 Å². The number of benzene rings is 2. The fourth-order valence-electron chi connectivity index (χ4n) is 2.36. The first kappa shape index (κ1) is 19.1. The predicted octanol–water partition coefficient (Wildman–Crippen LogP) is 2.99. The Labute approximate surface area is 163 Å². The lowest BCUT2D eigenvalue weighted by Crippen LogP contribution is -2.15. The van der Waals surface area contributed by atoms with Crippen molar-refractivity contribution in [1.29, 1.82) is 0 Å². The van der Waals surface area contributed by atoms with Gasteiger partial charge in [-0.05, 0) is 18.2 Å². The van der Waals surface area contributed by atoms with E-state index in [2.05, 4.69) is 15.3 Å². The van der Waals surface area contributed by atoms with Gasteiger partial charge in [-0.1, -0.05) is 35.6 Å². The van der Waals surface area contributed by atoms with Gasteiger partial charge in [0.05, 0.1) is 18.2 Å². The Balaban J connectivity index is 2.11. The zero-order valence-electron chi connectivity index (χ0n) is 15.0. The molecule has 0 saturated heterocycles. The van der Waals surface area contributed by atoms with Crippen molar-refractivity contribution in [1.82, 2.24) is 9.78 Å². The summed E-state index contributed by atoms with van der Waals surface area (Å²) in [6.07, 6.45) is 1.50. The van der Waals surface area contributed by atoms with Gasteiger partial charge in [-0.25, -0.2) is 0 Å². The van der Waals surface area contributed by atoms with Crippen LogP contribution in [-0.2, 0) is 0 Å². The van der Waals surface area contributed by atoms with Crippen LogP contribution in [0.3, 0.4) is 0 Å². The van der Waals surface area contributed by atoms with Gasteiger partial charge in [-0.3, -0.25) is 14.9 Å². The third-order valence-electron chi connectivity index (χ3n) is 3.65. The minimum Gasteiger partial charge on any atom is -0.496 e. The van der Waals surface area contributed by atoms with Crippen molar-refractivity contribution >= 4 is 29.0 Å². The minimum atomic E-state index is -0.517. The fourth-order valence-corrected chi connectivity index (χ4v) is 3.11. The molecule has 3 aromatic rings. The normalized spacial score (nSPS) is 11.7. The van der Waals surface area contributed by atoms with Gasteiger partial charge in [0.25, 0.3) is 5.69 Å². The second-order valence-corrected chi connectivity index (χ2v) is 6.45. The van der Waals surface area contributed by atoms with Crippen molar-refractivity contribution in [2.24, 2.45) is 10.2 Å². The molecule has 1 aromatic heterocycles. The molecule has 28 heavy (non-hydrogen) atoms. The monoisotopic (exact) mass is 397 g/mol. The molecular weight excluding hydrogens is 382 g/mol. The first-order valence-electron chi connectivity index (χ1n) is 8.06. The second-order valence-electron chi connectivity index (χ2n) is 5.49. The summed E-state index contributed by atoms with van der Waals surface area (Å²) in [6, 6.07) is 13.3. The van der Waals surface area contributed by atoms with Crippen LogP contribution < -0.4 is 9.54 Å². The minimum absolute atomic E-state index is 0.155. The number of nitrogens with zero attached hydrogens (tertiary/aromatic N) is 5. The molecule has 2 aromatic carbocycles. The van der Waals surface area contributed by atoms with E-state index in [1.807, 2.05) is 18.2 Å². The highest BCUT2D eigenvalue weighted by Gasteiger charge is 2.19. The number of carbonyl (C=O) groups excluding carboxylic acids is 1. The Hall–Kier alpha value is -3.66. The van der Waals surface area contributed by atoms with Gasteiger partial charge in [-0.2, -0.15) is 14.9 Å². The summed E-state index contributed by atoms with van der Waals surface area (Å²) in [4.78, 5) is 22.8. The van der Waals surface area contributed by atoms with Crippen molar-refractivity contribution < 1.29 is 14.5 Å². The van der Waals surface area contributed by atoms with Crippen LogP contribution in [0.2, 0.25) is 0 Å². The van der Waals surface area contributed by atoms with E-state index in [0.29, 0.717) is 11.3 Å². The maximum atomic E-state index is 11.7. The number of Topliss-reactive ketones (excluding diaryl/α,β-unsaturated/α-hetero) is 1. The van der Waals surface area contributed by atoms with Gasteiger partial charge in [-0.15, -0.1) is 5.10 Å². The molecule has 1 heterocycles. The Kier molecular flexibility index (Phi) is 5.70. The number of ketones is 1. The number of ether oxygens (including phenoxy) is 1. The quantitative estimate of drug-likeness (QED) is 0.275. The highest BCUT2D eigenvalue weighted by Crippen LogP contribution is 2.21. The molecule has 0 saturated carbocycles. The van der Waals surface area contributed by atoms with Crippen molar-refractivity contribution in [3.8, 4) is 11.4 Å². The lowest BCUT2D eigenvalue weighted by molar-refractivity contribution is -0.384. The Bertz CT molecular complexity index is 1130. The molecule has 0 radical (unpaired) electrons. The lowest BCUT2D eigenvalue weighted by atomic mass is 10.2. The highest BCUT2D eigenvalue weighted by atomic mass is 32.1. The Morgan fingerprint density at radius 3 is 2.68 bits per heavy atom. The molecule has 0 spiro atoms.